The van der Waals surface area contributed by atoms with Gasteiger partial charge in [-0.25, -0.2) is 8.42 Å². The molecule has 19 heavy (non-hydrogen) atoms. The zero-order valence-electron chi connectivity index (χ0n) is 13.1. The predicted octanol–water partition coefficient (Wildman–Crippen LogP) is 1.91. The molecule has 0 saturated heterocycles. The van der Waals surface area contributed by atoms with Gasteiger partial charge < -0.3 is 10.2 Å². The monoisotopic (exact) mass is 292 g/mol. The summed E-state index contributed by atoms with van der Waals surface area (Å²) in [6.07, 6.45) is 5.25. The molecule has 0 fully saturated rings. The lowest BCUT2D eigenvalue weighted by Crippen LogP contribution is -2.35. The van der Waals surface area contributed by atoms with Crippen molar-refractivity contribution >= 4 is 9.84 Å². The van der Waals surface area contributed by atoms with Gasteiger partial charge in [0.05, 0.1) is 0 Å². The van der Waals surface area contributed by atoms with Gasteiger partial charge in [-0.2, -0.15) is 0 Å². The lowest BCUT2D eigenvalue weighted by Gasteiger charge is -2.23. The molecule has 0 aliphatic rings. The minimum absolute atomic E-state index is 0.308. The first-order valence-electron chi connectivity index (χ1n) is 7.56. The van der Waals surface area contributed by atoms with Gasteiger partial charge in [-0.1, -0.05) is 20.8 Å². The average Bonchev–Trinajstić information content (AvgIpc) is 2.34. The van der Waals surface area contributed by atoms with E-state index >= 15 is 0 Å². The van der Waals surface area contributed by atoms with Gasteiger partial charge in [0.15, 0.2) is 0 Å². The van der Waals surface area contributed by atoms with Gasteiger partial charge in [-0.3, -0.25) is 0 Å². The SMILES string of the molecule is CCCNC(CCCS(C)(=O)=O)CCN(CC)CC. The van der Waals surface area contributed by atoms with Crippen LogP contribution in [-0.4, -0.2) is 57.5 Å². The molecule has 1 atom stereocenters. The first-order valence-corrected chi connectivity index (χ1v) is 9.62. The molecular formula is C14H32N2O2S. The normalized spacial score (nSPS) is 13.9. The Labute approximate surface area is 119 Å². The van der Waals surface area contributed by atoms with Crippen molar-refractivity contribution in [2.45, 2.75) is 52.5 Å². The molecule has 0 aromatic carbocycles. The Morgan fingerprint density at radius 2 is 1.74 bits per heavy atom. The Morgan fingerprint density at radius 1 is 1.11 bits per heavy atom. The van der Waals surface area contributed by atoms with Crippen molar-refractivity contribution in [3.8, 4) is 0 Å². The molecule has 0 aliphatic heterocycles. The van der Waals surface area contributed by atoms with E-state index in [9.17, 15) is 8.42 Å². The summed E-state index contributed by atoms with van der Waals surface area (Å²) in [5.74, 6) is 0.308. The second kappa shape index (κ2) is 10.6. The molecule has 0 spiro atoms. The molecule has 0 bridgehead atoms. The van der Waals surface area contributed by atoms with E-state index in [1.165, 1.54) is 6.26 Å². The van der Waals surface area contributed by atoms with Crippen molar-refractivity contribution in [2.24, 2.45) is 0 Å². The van der Waals surface area contributed by atoms with Crippen LogP contribution in [0.3, 0.4) is 0 Å². The van der Waals surface area contributed by atoms with Crippen LogP contribution in [-0.2, 0) is 9.84 Å². The van der Waals surface area contributed by atoms with E-state index in [1.54, 1.807) is 0 Å². The Balaban J connectivity index is 4.07. The van der Waals surface area contributed by atoms with Crippen molar-refractivity contribution in [2.75, 3.05) is 38.2 Å². The minimum atomic E-state index is -2.82. The third kappa shape index (κ3) is 11.4. The molecule has 0 heterocycles. The standard InChI is InChI=1S/C14H32N2O2S/c1-5-11-15-14(9-8-13-19(4,17)18)10-12-16(6-2)7-3/h14-15H,5-13H2,1-4H3. The summed E-state index contributed by atoms with van der Waals surface area (Å²) >= 11 is 0. The highest BCUT2D eigenvalue weighted by Crippen LogP contribution is 2.06. The van der Waals surface area contributed by atoms with E-state index in [0.29, 0.717) is 11.8 Å². The minimum Gasteiger partial charge on any atom is -0.314 e. The molecule has 1 unspecified atom stereocenters. The van der Waals surface area contributed by atoms with E-state index < -0.39 is 9.84 Å². The Bertz CT molecular complexity index is 301. The van der Waals surface area contributed by atoms with Crippen molar-refractivity contribution < 1.29 is 8.42 Å². The summed E-state index contributed by atoms with van der Waals surface area (Å²) in [5, 5.41) is 3.54. The fourth-order valence-electron chi connectivity index (χ4n) is 2.17. The molecule has 0 aliphatic carbocycles. The van der Waals surface area contributed by atoms with E-state index in [1.807, 2.05) is 0 Å². The molecule has 0 amide bonds. The number of nitrogens with one attached hydrogen (secondary N) is 1. The van der Waals surface area contributed by atoms with Crippen LogP contribution < -0.4 is 5.32 Å². The summed E-state index contributed by atoms with van der Waals surface area (Å²) in [5.41, 5.74) is 0. The van der Waals surface area contributed by atoms with Crippen molar-refractivity contribution in [1.82, 2.24) is 10.2 Å². The first-order chi connectivity index (χ1) is 8.92. The summed E-state index contributed by atoms with van der Waals surface area (Å²) in [7, 11) is -2.82. The van der Waals surface area contributed by atoms with Crippen LogP contribution in [0, 0.1) is 0 Å². The predicted molar refractivity (Wildman–Crippen MR) is 83.4 cm³/mol. The van der Waals surface area contributed by atoms with E-state index in [-0.39, 0.29) is 0 Å². The molecule has 4 nitrogen and oxygen atoms in total. The van der Waals surface area contributed by atoms with Crippen molar-refractivity contribution in [3.05, 3.63) is 0 Å². The second-order valence-corrected chi connectivity index (χ2v) is 7.50. The summed E-state index contributed by atoms with van der Waals surface area (Å²) in [4.78, 5) is 2.41. The van der Waals surface area contributed by atoms with Gasteiger partial charge in [-0.05, 0) is 51.9 Å². The zero-order valence-corrected chi connectivity index (χ0v) is 13.9. The van der Waals surface area contributed by atoms with Gasteiger partial charge in [0.25, 0.3) is 0 Å². The molecular weight excluding hydrogens is 260 g/mol. The quantitative estimate of drug-likeness (QED) is 0.597. The fourth-order valence-corrected chi connectivity index (χ4v) is 2.86. The largest absolute Gasteiger partial charge is 0.314 e. The van der Waals surface area contributed by atoms with Gasteiger partial charge >= 0.3 is 0 Å². The molecule has 116 valence electrons. The summed E-state index contributed by atoms with van der Waals surface area (Å²) in [6.45, 7) is 10.8. The van der Waals surface area contributed by atoms with Crippen LogP contribution in [0.15, 0.2) is 0 Å². The molecule has 1 N–H and O–H groups in total. The Morgan fingerprint density at radius 3 is 2.21 bits per heavy atom. The molecule has 0 aromatic rings. The van der Waals surface area contributed by atoms with Gasteiger partial charge in [0.2, 0.25) is 0 Å². The number of hydrogen-bond acceptors (Lipinski definition) is 4. The highest BCUT2D eigenvalue weighted by atomic mass is 32.2. The highest BCUT2D eigenvalue weighted by Gasteiger charge is 2.11. The first kappa shape index (κ1) is 18.9. The molecule has 0 aromatic heterocycles. The lowest BCUT2D eigenvalue weighted by atomic mass is 10.1. The number of hydrogen-bond donors (Lipinski definition) is 1. The Hall–Kier alpha value is -0.130. The van der Waals surface area contributed by atoms with E-state index in [2.05, 4.69) is 31.0 Å². The van der Waals surface area contributed by atoms with Crippen LogP contribution in [0.5, 0.6) is 0 Å². The molecule has 5 heteroatoms. The van der Waals surface area contributed by atoms with Crippen LogP contribution in [0.4, 0.5) is 0 Å². The summed E-state index contributed by atoms with van der Waals surface area (Å²) in [6, 6.07) is 0.447. The number of nitrogens with zero attached hydrogens (tertiary/aromatic N) is 1. The zero-order chi connectivity index (χ0) is 14.7. The van der Waals surface area contributed by atoms with Gasteiger partial charge in [0.1, 0.15) is 9.84 Å². The van der Waals surface area contributed by atoms with Crippen LogP contribution in [0.1, 0.15) is 46.5 Å². The topological polar surface area (TPSA) is 49.4 Å². The third-order valence-electron chi connectivity index (χ3n) is 3.44. The van der Waals surface area contributed by atoms with Crippen molar-refractivity contribution in [3.63, 3.8) is 0 Å². The van der Waals surface area contributed by atoms with Crippen LogP contribution >= 0.6 is 0 Å². The van der Waals surface area contributed by atoms with Crippen LogP contribution in [0.25, 0.3) is 0 Å². The van der Waals surface area contributed by atoms with Crippen molar-refractivity contribution in [1.29, 1.82) is 0 Å². The fraction of sp³-hybridized carbons (Fsp3) is 1.00. The van der Waals surface area contributed by atoms with Gasteiger partial charge in [-0.15, -0.1) is 0 Å². The van der Waals surface area contributed by atoms with Crippen LogP contribution in [0.2, 0.25) is 0 Å². The van der Waals surface area contributed by atoms with E-state index in [0.717, 1.165) is 51.9 Å². The third-order valence-corrected chi connectivity index (χ3v) is 4.47. The highest BCUT2D eigenvalue weighted by molar-refractivity contribution is 7.90. The number of rotatable bonds is 12. The average molecular weight is 292 g/mol. The van der Waals surface area contributed by atoms with Gasteiger partial charge in [0, 0.05) is 18.1 Å². The maximum Gasteiger partial charge on any atom is 0.147 e. The smallest absolute Gasteiger partial charge is 0.147 e. The second-order valence-electron chi connectivity index (χ2n) is 5.24. The Kier molecular flexibility index (Phi) is 10.6. The maximum atomic E-state index is 11.2. The summed E-state index contributed by atoms with van der Waals surface area (Å²) < 4.78 is 22.3. The molecule has 0 rings (SSSR count). The maximum absolute atomic E-state index is 11.2. The number of sulfone groups is 1. The van der Waals surface area contributed by atoms with E-state index in [4.69, 9.17) is 0 Å². The molecule has 0 saturated carbocycles. The lowest BCUT2D eigenvalue weighted by molar-refractivity contribution is 0.277. The molecule has 0 radical (unpaired) electrons.